The number of imidazole rings is 1. The molecule has 0 bridgehead atoms. The third-order valence-corrected chi connectivity index (χ3v) is 4.97. The summed E-state index contributed by atoms with van der Waals surface area (Å²) >= 11 is 0. The molecule has 0 aliphatic carbocycles. The van der Waals surface area contributed by atoms with Crippen LogP contribution in [0.4, 0.5) is 5.82 Å². The average Bonchev–Trinajstić information content (AvgIpc) is 3.38. The van der Waals surface area contributed by atoms with Crippen molar-refractivity contribution in [2.75, 3.05) is 31.2 Å². The molecule has 0 radical (unpaired) electrons. The molecule has 3 aromatic heterocycles. The molecule has 0 amide bonds. The van der Waals surface area contributed by atoms with Crippen molar-refractivity contribution in [2.24, 2.45) is 0 Å². The zero-order chi connectivity index (χ0) is 19.5. The quantitative estimate of drug-likeness (QED) is 0.589. The van der Waals surface area contributed by atoms with E-state index in [1.807, 2.05) is 42.8 Å². The maximum Gasteiger partial charge on any atom is 0.154 e. The number of H-pyrrole nitrogens is 1. The van der Waals surface area contributed by atoms with Gasteiger partial charge in [-0.2, -0.15) is 5.10 Å². The van der Waals surface area contributed by atoms with E-state index in [9.17, 15) is 0 Å². The molecule has 0 unspecified atom stereocenters. The van der Waals surface area contributed by atoms with E-state index in [0.29, 0.717) is 0 Å². The summed E-state index contributed by atoms with van der Waals surface area (Å²) in [6.07, 6.45) is 2.81. The number of benzene rings is 1. The predicted octanol–water partition coefficient (Wildman–Crippen LogP) is 3.70. The molecule has 28 heavy (non-hydrogen) atoms. The topological polar surface area (TPSA) is 71.3 Å². The van der Waals surface area contributed by atoms with E-state index < -0.39 is 0 Å². The average molecular weight is 378 g/mol. The van der Waals surface area contributed by atoms with Gasteiger partial charge in [0.15, 0.2) is 5.65 Å². The minimum atomic E-state index is 0.744. The molecule has 0 atom stereocenters. The van der Waals surface area contributed by atoms with Gasteiger partial charge in [0.25, 0.3) is 0 Å². The number of nitrogens with one attached hydrogen (secondary N) is 1. The summed E-state index contributed by atoms with van der Waals surface area (Å²) in [6, 6.07) is 10.4. The van der Waals surface area contributed by atoms with Crippen molar-refractivity contribution in [1.29, 1.82) is 0 Å². The van der Waals surface area contributed by atoms with Crippen molar-refractivity contribution in [2.45, 2.75) is 27.2 Å². The highest BCUT2D eigenvalue weighted by atomic mass is 16.5. The molecule has 0 saturated carbocycles. The number of aryl methyl sites for hydroxylation is 1. The zero-order valence-corrected chi connectivity index (χ0v) is 16.6. The number of aromatic amines is 1. The maximum atomic E-state index is 5.44. The first-order valence-corrected chi connectivity index (χ1v) is 9.98. The fraction of sp³-hybridized carbons (Fsp3) is 0.381. The minimum absolute atomic E-state index is 0.744. The Morgan fingerprint density at radius 3 is 2.71 bits per heavy atom. The molecule has 4 heterocycles. The van der Waals surface area contributed by atoms with Gasteiger partial charge in [-0.1, -0.05) is 26.8 Å². The van der Waals surface area contributed by atoms with Gasteiger partial charge in [-0.05, 0) is 30.7 Å². The first-order chi connectivity index (χ1) is 13.8. The Bertz CT molecular complexity index is 1080. The van der Waals surface area contributed by atoms with Gasteiger partial charge in [-0.15, -0.1) is 5.10 Å². The summed E-state index contributed by atoms with van der Waals surface area (Å²) < 4.78 is 7.37. The molecule has 7 heteroatoms. The lowest BCUT2D eigenvalue weighted by Crippen LogP contribution is -2.37. The number of aromatic nitrogens is 5. The summed E-state index contributed by atoms with van der Waals surface area (Å²) in [5.41, 5.74) is 5.06. The van der Waals surface area contributed by atoms with Crippen molar-refractivity contribution in [3.8, 4) is 11.3 Å². The first kappa shape index (κ1) is 18.4. The van der Waals surface area contributed by atoms with E-state index in [1.54, 1.807) is 0 Å². The van der Waals surface area contributed by atoms with Crippen molar-refractivity contribution >= 4 is 22.4 Å². The van der Waals surface area contributed by atoms with E-state index in [-0.39, 0.29) is 0 Å². The largest absolute Gasteiger partial charge is 0.378 e. The Labute approximate surface area is 164 Å². The highest BCUT2D eigenvalue weighted by molar-refractivity contribution is 5.86. The summed E-state index contributed by atoms with van der Waals surface area (Å²) in [7, 11) is 0. The van der Waals surface area contributed by atoms with E-state index in [1.165, 1.54) is 0 Å². The van der Waals surface area contributed by atoms with Gasteiger partial charge >= 0.3 is 0 Å². The van der Waals surface area contributed by atoms with Crippen molar-refractivity contribution in [3.05, 3.63) is 42.2 Å². The molecular weight excluding hydrogens is 352 g/mol. The highest BCUT2D eigenvalue weighted by Crippen LogP contribution is 2.26. The number of rotatable bonds is 3. The Morgan fingerprint density at radius 2 is 1.93 bits per heavy atom. The summed E-state index contributed by atoms with van der Waals surface area (Å²) in [5, 5.41) is 13.5. The van der Waals surface area contributed by atoms with Crippen molar-refractivity contribution in [3.63, 3.8) is 0 Å². The molecule has 1 fully saturated rings. The number of morpholine rings is 1. The molecule has 5 rings (SSSR count). The molecule has 146 valence electrons. The second-order valence-corrected chi connectivity index (χ2v) is 6.49. The fourth-order valence-corrected chi connectivity index (χ4v) is 3.51. The lowest BCUT2D eigenvalue weighted by molar-refractivity contribution is 0.122. The van der Waals surface area contributed by atoms with Crippen LogP contribution in [0.15, 0.2) is 36.5 Å². The standard InChI is InChI=1S/C19H20N6O.C2H6/c1-2-15-14-11-13(3-4-16(14)22-21-15)17-12-20-18-5-6-19(23-25(17)18)24-7-9-26-10-8-24;1-2/h3-6,11-12H,2,7-10H2,1H3,(H,21,22);1-2H3. The highest BCUT2D eigenvalue weighted by Gasteiger charge is 2.15. The third kappa shape index (κ3) is 3.22. The Morgan fingerprint density at radius 1 is 1.11 bits per heavy atom. The van der Waals surface area contributed by atoms with Crippen LogP contribution in [-0.2, 0) is 11.2 Å². The van der Waals surface area contributed by atoms with Crippen LogP contribution in [0.1, 0.15) is 26.5 Å². The monoisotopic (exact) mass is 378 g/mol. The van der Waals surface area contributed by atoms with E-state index >= 15 is 0 Å². The minimum Gasteiger partial charge on any atom is -0.378 e. The number of nitrogens with zero attached hydrogens (tertiary/aromatic N) is 5. The van der Waals surface area contributed by atoms with Gasteiger partial charge < -0.3 is 9.64 Å². The lowest BCUT2D eigenvalue weighted by Gasteiger charge is -2.27. The molecular formula is C21H26N6O. The molecule has 4 aromatic rings. The molecule has 1 aliphatic rings. The summed E-state index contributed by atoms with van der Waals surface area (Å²) in [6.45, 7) is 9.34. The normalized spacial score (nSPS) is 14.3. The van der Waals surface area contributed by atoms with Crippen molar-refractivity contribution < 1.29 is 4.74 Å². The lowest BCUT2D eigenvalue weighted by atomic mass is 10.1. The second kappa shape index (κ2) is 7.98. The number of hydrogen-bond acceptors (Lipinski definition) is 5. The number of ether oxygens (including phenoxy) is 1. The molecule has 1 N–H and O–H groups in total. The zero-order valence-electron chi connectivity index (χ0n) is 16.6. The van der Waals surface area contributed by atoms with Crippen molar-refractivity contribution in [1.82, 2.24) is 24.8 Å². The Balaban J connectivity index is 0.000000932. The maximum absolute atomic E-state index is 5.44. The van der Waals surface area contributed by atoms with E-state index in [2.05, 4.69) is 39.1 Å². The molecule has 0 spiro atoms. The first-order valence-electron chi connectivity index (χ1n) is 9.98. The van der Waals surface area contributed by atoms with Crippen LogP contribution in [0.3, 0.4) is 0 Å². The number of anilines is 1. The van der Waals surface area contributed by atoms with Crippen LogP contribution in [0.2, 0.25) is 0 Å². The smallest absolute Gasteiger partial charge is 0.154 e. The van der Waals surface area contributed by atoms with E-state index in [4.69, 9.17) is 9.84 Å². The van der Waals surface area contributed by atoms with Gasteiger partial charge in [0.05, 0.1) is 30.6 Å². The summed E-state index contributed by atoms with van der Waals surface area (Å²) in [5.74, 6) is 0.957. The van der Waals surface area contributed by atoms with Gasteiger partial charge in [-0.3, -0.25) is 5.10 Å². The Kier molecular flexibility index (Phi) is 5.25. The van der Waals surface area contributed by atoms with Crippen LogP contribution >= 0.6 is 0 Å². The third-order valence-electron chi connectivity index (χ3n) is 4.97. The van der Waals surface area contributed by atoms with Crippen LogP contribution < -0.4 is 4.90 Å². The fourth-order valence-electron chi connectivity index (χ4n) is 3.51. The van der Waals surface area contributed by atoms with Gasteiger partial charge in [0, 0.05) is 29.7 Å². The summed E-state index contributed by atoms with van der Waals surface area (Å²) in [4.78, 5) is 6.78. The van der Waals surface area contributed by atoms with Gasteiger partial charge in [0.1, 0.15) is 5.82 Å². The van der Waals surface area contributed by atoms with E-state index in [0.717, 1.165) is 72.0 Å². The number of fused-ring (bicyclic) bond motifs is 2. The molecule has 7 nitrogen and oxygen atoms in total. The Hall–Kier alpha value is -2.93. The molecule has 1 aliphatic heterocycles. The second-order valence-electron chi connectivity index (χ2n) is 6.49. The SMILES string of the molecule is CC.CCc1[nH]nc2ccc(-c3cnc4ccc(N5CCOCC5)nn34)cc12. The van der Waals surface area contributed by atoms with Crippen LogP contribution in [-0.4, -0.2) is 51.1 Å². The number of hydrogen-bond donors (Lipinski definition) is 1. The van der Waals surface area contributed by atoms with Gasteiger partial charge in [-0.25, -0.2) is 9.50 Å². The predicted molar refractivity (Wildman–Crippen MR) is 112 cm³/mol. The van der Waals surface area contributed by atoms with Gasteiger partial charge in [0.2, 0.25) is 0 Å². The van der Waals surface area contributed by atoms with Crippen LogP contribution in [0.25, 0.3) is 27.8 Å². The molecule has 1 saturated heterocycles. The molecule has 1 aromatic carbocycles. The van der Waals surface area contributed by atoms with Crippen LogP contribution in [0, 0.1) is 0 Å². The van der Waals surface area contributed by atoms with Crippen LogP contribution in [0.5, 0.6) is 0 Å².